The molecule has 1 fully saturated rings. The molecule has 0 saturated carbocycles. The van der Waals surface area contributed by atoms with Crippen LogP contribution in [0.2, 0.25) is 0 Å². The molecule has 0 spiro atoms. The monoisotopic (exact) mass is 627 g/mol. The Labute approximate surface area is 255 Å². The average molecular weight is 628 g/mol. The zero-order chi connectivity index (χ0) is 30.6. The smallest absolute Gasteiger partial charge is 0.269 e. The Morgan fingerprint density at radius 2 is 1.45 bits per heavy atom. The van der Waals surface area contributed by atoms with Crippen molar-refractivity contribution >= 4 is 42.1 Å². The van der Waals surface area contributed by atoms with Crippen molar-refractivity contribution in [3.63, 3.8) is 0 Å². The highest BCUT2D eigenvalue weighted by Crippen LogP contribution is 2.36. The van der Waals surface area contributed by atoms with Gasteiger partial charge in [0, 0.05) is 24.7 Å². The lowest BCUT2D eigenvalue weighted by Crippen LogP contribution is -2.29. The van der Waals surface area contributed by atoms with Gasteiger partial charge in [-0.3, -0.25) is 0 Å². The Hall–Kier alpha value is -4.36. The molecular formula is C32H29N5O5S2. The molecular weight excluding hydrogens is 599 g/mol. The average Bonchev–Trinajstić information content (AvgIpc) is 3.79. The fourth-order valence-electron chi connectivity index (χ4n) is 5.97. The van der Waals surface area contributed by atoms with Crippen molar-refractivity contribution in [3.05, 3.63) is 109 Å². The number of benzene rings is 3. The van der Waals surface area contributed by atoms with Crippen LogP contribution in [0.25, 0.3) is 33.2 Å². The van der Waals surface area contributed by atoms with Crippen LogP contribution in [0, 0.1) is 0 Å². The fraction of sp³-hybridized carbons (Fsp3) is 0.188. The second-order valence-electron chi connectivity index (χ2n) is 10.9. The summed E-state index contributed by atoms with van der Waals surface area (Å²) in [6.07, 6.45) is 2.49. The van der Waals surface area contributed by atoms with Crippen molar-refractivity contribution in [2.45, 2.75) is 35.3 Å². The maximum Gasteiger partial charge on any atom is 0.269 e. The second-order valence-corrected chi connectivity index (χ2v) is 14.6. The third-order valence-corrected chi connectivity index (χ3v) is 11.7. The maximum atomic E-state index is 13.7. The zero-order valence-electron chi connectivity index (χ0n) is 23.7. The quantitative estimate of drug-likeness (QED) is 0.265. The van der Waals surface area contributed by atoms with Crippen LogP contribution in [-0.4, -0.2) is 57.8 Å². The van der Waals surface area contributed by atoms with Crippen molar-refractivity contribution in [1.29, 1.82) is 0 Å². The molecule has 1 aliphatic rings. The molecule has 2 atom stereocenters. The normalized spacial score (nSPS) is 17.0. The number of nitrogens with zero attached hydrogens (tertiary/aromatic N) is 5. The van der Waals surface area contributed by atoms with E-state index in [1.165, 1.54) is 28.8 Å². The van der Waals surface area contributed by atoms with Crippen LogP contribution in [0.1, 0.15) is 31.3 Å². The second kappa shape index (κ2) is 10.7. The molecule has 0 amide bonds. The van der Waals surface area contributed by atoms with E-state index in [0.717, 1.165) is 15.1 Å². The summed E-state index contributed by atoms with van der Waals surface area (Å²) in [6, 6.07) is 26.1. The summed E-state index contributed by atoms with van der Waals surface area (Å²) in [7, 11) is -7.72. The molecule has 0 bridgehead atoms. The van der Waals surface area contributed by atoms with Gasteiger partial charge in [-0.25, -0.2) is 30.8 Å². The molecule has 1 unspecified atom stereocenters. The molecule has 1 saturated heterocycles. The minimum absolute atomic E-state index is 0.131. The molecule has 6 aromatic rings. The summed E-state index contributed by atoms with van der Waals surface area (Å²) < 4.78 is 58.8. The van der Waals surface area contributed by atoms with E-state index < -0.39 is 26.2 Å². The third-order valence-electron chi connectivity index (χ3n) is 8.12. The molecule has 3 aromatic heterocycles. The number of aliphatic hydroxyl groups excluding tert-OH is 1. The molecule has 12 heteroatoms. The van der Waals surface area contributed by atoms with Gasteiger partial charge in [0.2, 0.25) is 10.0 Å². The molecule has 10 nitrogen and oxygen atoms in total. The van der Waals surface area contributed by atoms with Gasteiger partial charge in [-0.2, -0.15) is 4.31 Å². The van der Waals surface area contributed by atoms with Crippen molar-refractivity contribution < 1.29 is 21.9 Å². The van der Waals surface area contributed by atoms with E-state index in [9.17, 15) is 21.9 Å². The Balaban J connectivity index is 1.26. The van der Waals surface area contributed by atoms with Crippen LogP contribution < -0.4 is 0 Å². The van der Waals surface area contributed by atoms with Crippen LogP contribution in [0.15, 0.2) is 113 Å². The van der Waals surface area contributed by atoms with Crippen LogP contribution >= 0.6 is 0 Å². The number of aromatic nitrogens is 4. The van der Waals surface area contributed by atoms with Gasteiger partial charge >= 0.3 is 0 Å². The SMILES string of the molecule is C[C@@H](O)c1nc2cnc3c(ccn3S(=O)(=O)c3ccccc3)c2n1C1CCN(S(=O)(=O)c2ccc(-c3ccccc3)cc2)C1. The Morgan fingerprint density at radius 1 is 0.818 bits per heavy atom. The zero-order valence-corrected chi connectivity index (χ0v) is 25.4. The summed E-state index contributed by atoms with van der Waals surface area (Å²) >= 11 is 0. The minimum Gasteiger partial charge on any atom is -0.385 e. The standard InChI is InChI=1S/C32H29N5O5S2/c1-22(38)31-34-29-20-33-32-28(17-19-36(32)44(41,42)26-10-6-3-7-11-26)30(29)37(31)25-16-18-35(21-25)43(39,40)27-14-12-24(13-15-27)23-8-4-2-5-9-23/h2-15,17,19-20,22,25,38H,16,18,21H2,1H3/t22-,25?/m1/s1. The summed E-state index contributed by atoms with van der Waals surface area (Å²) in [4.78, 5) is 9.43. The lowest BCUT2D eigenvalue weighted by Gasteiger charge is -2.20. The van der Waals surface area contributed by atoms with E-state index >= 15 is 0 Å². The molecule has 1 N–H and O–H groups in total. The van der Waals surface area contributed by atoms with E-state index in [2.05, 4.69) is 9.97 Å². The molecule has 1 aliphatic heterocycles. The summed E-state index contributed by atoms with van der Waals surface area (Å²) in [5, 5.41) is 11.2. The van der Waals surface area contributed by atoms with Crippen LogP contribution in [-0.2, 0) is 20.0 Å². The van der Waals surface area contributed by atoms with Gasteiger partial charge in [-0.15, -0.1) is 0 Å². The van der Waals surface area contributed by atoms with Crippen molar-refractivity contribution in [3.8, 4) is 11.1 Å². The number of rotatable bonds is 7. The number of pyridine rings is 1. The van der Waals surface area contributed by atoms with Gasteiger partial charge in [-0.1, -0.05) is 60.7 Å². The number of imidazole rings is 1. The molecule has 4 heterocycles. The van der Waals surface area contributed by atoms with Gasteiger partial charge < -0.3 is 9.67 Å². The van der Waals surface area contributed by atoms with Crippen molar-refractivity contribution in [1.82, 2.24) is 22.8 Å². The molecule has 44 heavy (non-hydrogen) atoms. The molecule has 224 valence electrons. The predicted octanol–water partition coefficient (Wildman–Crippen LogP) is 4.98. The highest BCUT2D eigenvalue weighted by molar-refractivity contribution is 7.90. The Bertz CT molecular complexity index is 2210. The molecule has 0 aliphatic carbocycles. The van der Waals surface area contributed by atoms with E-state index in [4.69, 9.17) is 0 Å². The molecule has 3 aromatic carbocycles. The van der Waals surface area contributed by atoms with Crippen LogP contribution in [0.5, 0.6) is 0 Å². The molecule has 0 radical (unpaired) electrons. The number of fused-ring (bicyclic) bond motifs is 3. The highest BCUT2D eigenvalue weighted by atomic mass is 32.2. The predicted molar refractivity (Wildman–Crippen MR) is 167 cm³/mol. The summed E-state index contributed by atoms with van der Waals surface area (Å²) in [5.74, 6) is 0.365. The first-order valence-electron chi connectivity index (χ1n) is 14.2. The van der Waals surface area contributed by atoms with Gasteiger partial charge in [0.15, 0.2) is 5.65 Å². The fourth-order valence-corrected chi connectivity index (χ4v) is 8.78. The van der Waals surface area contributed by atoms with Crippen molar-refractivity contribution in [2.75, 3.05) is 13.1 Å². The number of aliphatic hydroxyl groups is 1. The van der Waals surface area contributed by atoms with Gasteiger partial charge in [0.25, 0.3) is 10.0 Å². The Morgan fingerprint density at radius 3 is 2.14 bits per heavy atom. The third kappa shape index (κ3) is 4.61. The first-order valence-corrected chi connectivity index (χ1v) is 17.1. The summed E-state index contributed by atoms with van der Waals surface area (Å²) in [5.41, 5.74) is 3.24. The number of hydrogen-bond acceptors (Lipinski definition) is 7. The molecule has 7 rings (SSSR count). The maximum absolute atomic E-state index is 13.7. The summed E-state index contributed by atoms with van der Waals surface area (Å²) in [6.45, 7) is 2.05. The lowest BCUT2D eigenvalue weighted by atomic mass is 10.1. The highest BCUT2D eigenvalue weighted by Gasteiger charge is 2.36. The van der Waals surface area contributed by atoms with E-state index in [0.29, 0.717) is 28.7 Å². The van der Waals surface area contributed by atoms with Crippen molar-refractivity contribution in [2.24, 2.45) is 0 Å². The number of sulfonamides is 1. The van der Waals surface area contributed by atoms with Gasteiger partial charge in [-0.05, 0) is 54.8 Å². The van der Waals surface area contributed by atoms with E-state index in [1.807, 2.05) is 47.0 Å². The van der Waals surface area contributed by atoms with E-state index in [-0.39, 0.29) is 34.6 Å². The lowest BCUT2D eigenvalue weighted by molar-refractivity contribution is 0.182. The topological polar surface area (TPSA) is 127 Å². The Kier molecular flexibility index (Phi) is 6.89. The number of hydrogen-bond donors (Lipinski definition) is 1. The van der Waals surface area contributed by atoms with Gasteiger partial charge in [0.1, 0.15) is 17.4 Å². The van der Waals surface area contributed by atoms with E-state index in [1.54, 1.807) is 43.3 Å². The van der Waals surface area contributed by atoms with Crippen LogP contribution in [0.3, 0.4) is 0 Å². The van der Waals surface area contributed by atoms with Gasteiger partial charge in [0.05, 0.1) is 27.5 Å². The largest absolute Gasteiger partial charge is 0.385 e. The van der Waals surface area contributed by atoms with Crippen LogP contribution in [0.4, 0.5) is 0 Å². The first-order chi connectivity index (χ1) is 21.2. The minimum atomic E-state index is -3.92. The first kappa shape index (κ1) is 28.4.